The average molecular weight is 439 g/mol. The summed E-state index contributed by atoms with van der Waals surface area (Å²) in [5.41, 5.74) is 6.43. The Bertz CT molecular complexity index is 736. The molecule has 4 atom stereocenters. The quantitative estimate of drug-likeness (QED) is 0.241. The van der Waals surface area contributed by atoms with E-state index in [1.807, 2.05) is 27.7 Å². The van der Waals surface area contributed by atoms with Gasteiger partial charge in [0.25, 0.3) is 0 Å². The summed E-state index contributed by atoms with van der Waals surface area (Å²) in [5.74, 6) is -2.84. The van der Waals surface area contributed by atoms with Crippen molar-refractivity contribution in [2.24, 2.45) is 17.6 Å². The van der Waals surface area contributed by atoms with Crippen LogP contribution in [0, 0.1) is 11.8 Å². The highest BCUT2D eigenvalue weighted by Crippen LogP contribution is 2.07. The highest BCUT2D eigenvalue weighted by atomic mass is 16.4. The first-order valence-electron chi connectivity index (χ1n) is 10.4. The maximum Gasteiger partial charge on any atom is 0.326 e. The van der Waals surface area contributed by atoms with Crippen LogP contribution in [0.15, 0.2) is 12.5 Å². The zero-order chi connectivity index (χ0) is 23.6. The van der Waals surface area contributed by atoms with Crippen molar-refractivity contribution in [3.05, 3.63) is 18.2 Å². The summed E-state index contributed by atoms with van der Waals surface area (Å²) in [6.45, 7) is 7.08. The Kier molecular flexibility index (Phi) is 10.7. The van der Waals surface area contributed by atoms with E-state index in [0.29, 0.717) is 12.1 Å². The fourth-order valence-corrected chi connectivity index (χ4v) is 2.83. The first-order chi connectivity index (χ1) is 14.5. The van der Waals surface area contributed by atoms with E-state index in [9.17, 15) is 24.3 Å². The van der Waals surface area contributed by atoms with Gasteiger partial charge in [-0.1, -0.05) is 34.1 Å². The van der Waals surface area contributed by atoms with E-state index in [1.54, 1.807) is 0 Å². The molecule has 0 aliphatic rings. The van der Waals surface area contributed by atoms with Crippen molar-refractivity contribution < 1.29 is 24.3 Å². The molecule has 0 radical (unpaired) electrons. The first kappa shape index (κ1) is 26.1. The molecular formula is C20H34N6O5. The number of amides is 3. The number of hydrogen-bond acceptors (Lipinski definition) is 6. The second-order valence-corrected chi connectivity index (χ2v) is 8.06. The maximum absolute atomic E-state index is 12.7. The molecule has 1 aromatic heterocycles. The topological polar surface area (TPSA) is 179 Å². The molecule has 1 rings (SSSR count). The molecule has 1 aromatic rings. The number of carbonyl (C=O) groups is 4. The molecule has 0 aliphatic carbocycles. The molecule has 0 aliphatic heterocycles. The lowest BCUT2D eigenvalue weighted by atomic mass is 9.99. The summed E-state index contributed by atoms with van der Waals surface area (Å²) in [5, 5.41) is 16.9. The van der Waals surface area contributed by atoms with Gasteiger partial charge in [-0.25, -0.2) is 9.78 Å². The number of carboxylic acid groups (broad SMARTS) is 1. The van der Waals surface area contributed by atoms with Crippen LogP contribution in [0.2, 0.25) is 0 Å². The molecule has 11 nitrogen and oxygen atoms in total. The zero-order valence-corrected chi connectivity index (χ0v) is 18.5. The third kappa shape index (κ3) is 9.16. The number of hydrogen-bond donors (Lipinski definition) is 6. The smallest absolute Gasteiger partial charge is 0.326 e. The molecule has 0 aromatic carbocycles. The number of aromatic nitrogens is 2. The monoisotopic (exact) mass is 438 g/mol. The van der Waals surface area contributed by atoms with Gasteiger partial charge in [0.05, 0.1) is 18.9 Å². The minimum Gasteiger partial charge on any atom is -0.480 e. The number of H-pyrrole nitrogens is 1. The Labute approximate surface area is 181 Å². The Morgan fingerprint density at radius 2 is 1.81 bits per heavy atom. The van der Waals surface area contributed by atoms with Crippen molar-refractivity contribution in [1.29, 1.82) is 0 Å². The van der Waals surface area contributed by atoms with E-state index in [2.05, 4.69) is 25.9 Å². The number of carbonyl (C=O) groups excluding carboxylic acids is 3. The number of nitrogens with one attached hydrogen (secondary N) is 4. The van der Waals surface area contributed by atoms with Gasteiger partial charge in [0.1, 0.15) is 12.1 Å². The van der Waals surface area contributed by atoms with Gasteiger partial charge < -0.3 is 31.8 Å². The van der Waals surface area contributed by atoms with Gasteiger partial charge in [-0.3, -0.25) is 14.4 Å². The van der Waals surface area contributed by atoms with Crippen LogP contribution in [0.1, 0.15) is 46.2 Å². The molecule has 1 heterocycles. The first-order valence-corrected chi connectivity index (χ1v) is 10.4. The molecule has 0 saturated carbocycles. The van der Waals surface area contributed by atoms with Gasteiger partial charge >= 0.3 is 5.97 Å². The molecule has 0 bridgehead atoms. The zero-order valence-electron chi connectivity index (χ0n) is 18.5. The van der Waals surface area contributed by atoms with Gasteiger partial charge in [-0.05, 0) is 18.3 Å². The van der Waals surface area contributed by atoms with Gasteiger partial charge in [-0.2, -0.15) is 0 Å². The van der Waals surface area contributed by atoms with E-state index in [1.165, 1.54) is 12.5 Å². The molecule has 3 amide bonds. The predicted molar refractivity (Wildman–Crippen MR) is 114 cm³/mol. The SMILES string of the molecule is CCC(C)C(N)C(=O)NCC(=O)NC(Cc1cnc[nH]1)C(=O)NC(CC(C)C)C(=O)O. The summed E-state index contributed by atoms with van der Waals surface area (Å²) in [6.07, 6.45) is 3.97. The normalized spacial score (nSPS) is 14.9. The van der Waals surface area contributed by atoms with Crippen LogP contribution < -0.4 is 21.7 Å². The summed E-state index contributed by atoms with van der Waals surface area (Å²) in [7, 11) is 0. The maximum atomic E-state index is 12.7. The molecule has 31 heavy (non-hydrogen) atoms. The van der Waals surface area contributed by atoms with Crippen molar-refractivity contribution in [2.75, 3.05) is 6.54 Å². The standard InChI is InChI=1S/C20H34N6O5/c1-5-12(4)17(21)19(29)23-9-16(27)25-14(7-13-8-22-10-24-13)18(28)26-15(20(30)31)6-11(2)3/h8,10-12,14-15,17H,5-7,9,21H2,1-4H3,(H,22,24)(H,23,29)(H,25,27)(H,26,28)(H,30,31). The van der Waals surface area contributed by atoms with Crippen LogP contribution in [-0.4, -0.2) is 63.4 Å². The van der Waals surface area contributed by atoms with E-state index in [0.717, 1.165) is 0 Å². The van der Waals surface area contributed by atoms with Crippen LogP contribution >= 0.6 is 0 Å². The molecule has 4 unspecified atom stereocenters. The lowest BCUT2D eigenvalue weighted by Crippen LogP contribution is -2.55. The number of aliphatic carboxylic acids is 1. The second-order valence-electron chi connectivity index (χ2n) is 8.06. The Balaban J connectivity index is 2.79. The van der Waals surface area contributed by atoms with Crippen LogP contribution in [0.5, 0.6) is 0 Å². The van der Waals surface area contributed by atoms with Crippen LogP contribution in [0.25, 0.3) is 0 Å². The van der Waals surface area contributed by atoms with Gasteiger partial charge in [0, 0.05) is 18.3 Å². The molecule has 11 heteroatoms. The lowest BCUT2D eigenvalue weighted by Gasteiger charge is -2.22. The van der Waals surface area contributed by atoms with Gasteiger partial charge in [-0.15, -0.1) is 0 Å². The van der Waals surface area contributed by atoms with Crippen molar-refractivity contribution in [2.45, 2.75) is 65.1 Å². The number of nitrogens with zero attached hydrogens (tertiary/aromatic N) is 1. The summed E-state index contributed by atoms with van der Waals surface area (Å²) in [6, 6.07) is -2.88. The van der Waals surface area contributed by atoms with E-state index in [-0.39, 0.29) is 31.2 Å². The third-order valence-corrected chi connectivity index (χ3v) is 4.94. The minimum atomic E-state index is -1.15. The van der Waals surface area contributed by atoms with Crippen LogP contribution in [0.4, 0.5) is 0 Å². The van der Waals surface area contributed by atoms with Crippen molar-refractivity contribution >= 4 is 23.7 Å². The van der Waals surface area contributed by atoms with Crippen molar-refractivity contribution in [1.82, 2.24) is 25.9 Å². The minimum absolute atomic E-state index is 0.0455. The van der Waals surface area contributed by atoms with E-state index < -0.39 is 41.8 Å². The number of imidazole rings is 1. The molecule has 174 valence electrons. The largest absolute Gasteiger partial charge is 0.480 e. The van der Waals surface area contributed by atoms with E-state index in [4.69, 9.17) is 5.73 Å². The number of rotatable bonds is 13. The summed E-state index contributed by atoms with van der Waals surface area (Å²) in [4.78, 5) is 55.4. The highest BCUT2D eigenvalue weighted by Gasteiger charge is 2.28. The van der Waals surface area contributed by atoms with Crippen LogP contribution in [0.3, 0.4) is 0 Å². The fourth-order valence-electron chi connectivity index (χ4n) is 2.83. The Morgan fingerprint density at radius 3 is 2.32 bits per heavy atom. The fraction of sp³-hybridized carbons (Fsp3) is 0.650. The number of carboxylic acids is 1. The highest BCUT2D eigenvalue weighted by molar-refractivity contribution is 5.92. The Hall–Kier alpha value is -2.95. The Morgan fingerprint density at radius 1 is 1.13 bits per heavy atom. The molecular weight excluding hydrogens is 404 g/mol. The third-order valence-electron chi connectivity index (χ3n) is 4.94. The lowest BCUT2D eigenvalue weighted by molar-refractivity contribution is -0.142. The summed E-state index contributed by atoms with van der Waals surface area (Å²) >= 11 is 0. The van der Waals surface area contributed by atoms with Gasteiger partial charge in [0.2, 0.25) is 17.7 Å². The number of nitrogens with two attached hydrogens (primary N) is 1. The number of aromatic amines is 1. The molecule has 0 spiro atoms. The second kappa shape index (κ2) is 12.7. The van der Waals surface area contributed by atoms with Gasteiger partial charge in [0.15, 0.2) is 0 Å². The van der Waals surface area contributed by atoms with Crippen LogP contribution in [-0.2, 0) is 25.6 Å². The molecule has 7 N–H and O–H groups in total. The predicted octanol–water partition coefficient (Wildman–Crippen LogP) is -0.458. The van der Waals surface area contributed by atoms with Crippen molar-refractivity contribution in [3.8, 4) is 0 Å². The molecule has 0 fully saturated rings. The summed E-state index contributed by atoms with van der Waals surface area (Å²) < 4.78 is 0. The average Bonchev–Trinajstić information content (AvgIpc) is 3.22. The molecule has 0 saturated heterocycles. The van der Waals surface area contributed by atoms with E-state index >= 15 is 0 Å². The van der Waals surface area contributed by atoms with Crippen molar-refractivity contribution in [3.63, 3.8) is 0 Å².